The number of anilines is 2. The zero-order valence-electron chi connectivity index (χ0n) is 14.6. The number of nitrogens with zero attached hydrogens (tertiary/aromatic N) is 1. The number of rotatable bonds is 6. The van der Waals surface area contributed by atoms with Gasteiger partial charge in [-0.05, 0) is 48.4 Å². The summed E-state index contributed by atoms with van der Waals surface area (Å²) in [6.07, 6.45) is 0.732. The van der Waals surface area contributed by atoms with E-state index >= 15 is 0 Å². The van der Waals surface area contributed by atoms with E-state index in [1.54, 1.807) is 29.2 Å². The molecule has 1 amide bonds. The predicted molar refractivity (Wildman–Crippen MR) is 98.2 cm³/mol. The van der Waals surface area contributed by atoms with E-state index in [9.17, 15) is 13.2 Å². The molecule has 0 saturated heterocycles. The lowest BCUT2D eigenvalue weighted by atomic mass is 10.1. The fraction of sp³-hybridized carbons (Fsp3) is 0.278. The number of amides is 1. The van der Waals surface area contributed by atoms with Crippen LogP contribution in [0.5, 0.6) is 5.75 Å². The number of fused-ring (bicyclic) bond motifs is 1. The molecule has 0 aliphatic carbocycles. The van der Waals surface area contributed by atoms with Gasteiger partial charge < -0.3 is 14.4 Å². The SMILES string of the molecule is COCC(=O)N1CCc2ccc(NS(=O)(=O)c3ccc(OC)cc3)cc21. The molecule has 7 nitrogen and oxygen atoms in total. The molecule has 0 aromatic heterocycles. The summed E-state index contributed by atoms with van der Waals surface area (Å²) in [5.74, 6) is 0.426. The summed E-state index contributed by atoms with van der Waals surface area (Å²) in [6, 6.07) is 11.3. The Morgan fingerprint density at radius 1 is 1.15 bits per heavy atom. The van der Waals surface area contributed by atoms with Crippen LogP contribution in [0.4, 0.5) is 11.4 Å². The molecule has 0 radical (unpaired) electrons. The highest BCUT2D eigenvalue weighted by molar-refractivity contribution is 7.92. The van der Waals surface area contributed by atoms with Crippen molar-refractivity contribution < 1.29 is 22.7 Å². The molecule has 0 bridgehead atoms. The van der Waals surface area contributed by atoms with Crippen LogP contribution in [0.15, 0.2) is 47.4 Å². The first kappa shape index (κ1) is 18.2. The molecule has 138 valence electrons. The molecule has 1 heterocycles. The Bertz CT molecular complexity index is 910. The molecule has 0 unspecified atom stereocenters. The summed E-state index contributed by atoms with van der Waals surface area (Å²) in [7, 11) is -0.754. The highest BCUT2D eigenvalue weighted by Crippen LogP contribution is 2.32. The van der Waals surface area contributed by atoms with Crippen LogP contribution in [0.3, 0.4) is 0 Å². The van der Waals surface area contributed by atoms with Crippen molar-refractivity contribution in [2.45, 2.75) is 11.3 Å². The maximum atomic E-state index is 12.6. The lowest BCUT2D eigenvalue weighted by Gasteiger charge is -2.18. The van der Waals surface area contributed by atoms with Gasteiger partial charge in [0.1, 0.15) is 12.4 Å². The van der Waals surface area contributed by atoms with E-state index in [-0.39, 0.29) is 17.4 Å². The van der Waals surface area contributed by atoms with Crippen molar-refractivity contribution in [1.82, 2.24) is 0 Å². The first-order chi connectivity index (χ1) is 12.4. The van der Waals surface area contributed by atoms with Crippen LogP contribution >= 0.6 is 0 Å². The molecule has 1 aliphatic heterocycles. The van der Waals surface area contributed by atoms with Crippen LogP contribution in [0.2, 0.25) is 0 Å². The number of hydrogen-bond acceptors (Lipinski definition) is 5. The number of methoxy groups -OCH3 is 2. The first-order valence-electron chi connectivity index (χ1n) is 8.03. The van der Waals surface area contributed by atoms with E-state index in [0.29, 0.717) is 23.7 Å². The molecule has 2 aromatic rings. The minimum Gasteiger partial charge on any atom is -0.497 e. The second kappa shape index (κ2) is 7.35. The van der Waals surface area contributed by atoms with E-state index in [1.807, 2.05) is 6.07 Å². The van der Waals surface area contributed by atoms with Gasteiger partial charge in [-0.3, -0.25) is 9.52 Å². The van der Waals surface area contributed by atoms with Crippen LogP contribution < -0.4 is 14.4 Å². The molecule has 3 rings (SSSR count). The van der Waals surface area contributed by atoms with Crippen molar-refractivity contribution in [2.24, 2.45) is 0 Å². The fourth-order valence-electron chi connectivity index (χ4n) is 2.87. The Kier molecular flexibility index (Phi) is 5.15. The van der Waals surface area contributed by atoms with Gasteiger partial charge in [0, 0.05) is 19.3 Å². The van der Waals surface area contributed by atoms with Crippen LogP contribution in [0.1, 0.15) is 5.56 Å². The van der Waals surface area contributed by atoms with E-state index in [1.165, 1.54) is 26.4 Å². The van der Waals surface area contributed by atoms with E-state index in [2.05, 4.69) is 4.72 Å². The Balaban J connectivity index is 1.84. The van der Waals surface area contributed by atoms with Crippen LogP contribution in [0, 0.1) is 0 Å². The number of carbonyl (C=O) groups excluding carboxylic acids is 1. The number of benzene rings is 2. The summed E-state index contributed by atoms with van der Waals surface area (Å²) >= 11 is 0. The molecule has 0 fully saturated rings. The molecule has 1 aliphatic rings. The number of nitrogens with one attached hydrogen (secondary N) is 1. The Hall–Kier alpha value is -2.58. The van der Waals surface area contributed by atoms with Crippen molar-refractivity contribution >= 4 is 27.3 Å². The van der Waals surface area contributed by atoms with Crippen molar-refractivity contribution in [3.63, 3.8) is 0 Å². The number of ether oxygens (including phenoxy) is 2. The third kappa shape index (κ3) is 3.66. The van der Waals surface area contributed by atoms with Gasteiger partial charge in [-0.2, -0.15) is 0 Å². The highest BCUT2D eigenvalue weighted by Gasteiger charge is 2.25. The third-order valence-electron chi connectivity index (χ3n) is 4.17. The minimum absolute atomic E-state index is 0.0127. The van der Waals surface area contributed by atoms with Crippen LogP contribution in [-0.2, 0) is 26.0 Å². The maximum Gasteiger partial charge on any atom is 0.261 e. The lowest BCUT2D eigenvalue weighted by molar-refractivity contribution is -0.122. The molecule has 0 atom stereocenters. The Labute approximate surface area is 152 Å². The molecule has 2 aromatic carbocycles. The standard InChI is InChI=1S/C18H20N2O5S/c1-24-12-18(21)20-10-9-13-3-4-14(11-17(13)20)19-26(22,23)16-7-5-15(25-2)6-8-16/h3-8,11,19H,9-10,12H2,1-2H3. The number of sulfonamides is 1. The van der Waals surface area contributed by atoms with Gasteiger partial charge in [0.25, 0.3) is 15.9 Å². The van der Waals surface area contributed by atoms with Crippen molar-refractivity contribution in [3.05, 3.63) is 48.0 Å². The molecular weight excluding hydrogens is 356 g/mol. The second-order valence-electron chi connectivity index (χ2n) is 5.85. The number of carbonyl (C=O) groups is 1. The van der Waals surface area contributed by atoms with Gasteiger partial charge in [0.05, 0.1) is 17.7 Å². The van der Waals surface area contributed by atoms with Gasteiger partial charge in [-0.15, -0.1) is 0 Å². The zero-order chi connectivity index (χ0) is 18.7. The van der Waals surface area contributed by atoms with Gasteiger partial charge in [0.2, 0.25) is 0 Å². The lowest BCUT2D eigenvalue weighted by Crippen LogP contribution is -2.32. The van der Waals surface area contributed by atoms with E-state index < -0.39 is 10.0 Å². The normalized spacial score (nSPS) is 13.4. The van der Waals surface area contributed by atoms with Crippen molar-refractivity contribution in [3.8, 4) is 5.75 Å². The van der Waals surface area contributed by atoms with E-state index in [4.69, 9.17) is 9.47 Å². The van der Waals surface area contributed by atoms with Gasteiger partial charge >= 0.3 is 0 Å². The van der Waals surface area contributed by atoms with Gasteiger partial charge in [-0.25, -0.2) is 8.42 Å². The molecule has 0 saturated carbocycles. The summed E-state index contributed by atoms with van der Waals surface area (Å²) in [6.45, 7) is 0.549. The highest BCUT2D eigenvalue weighted by atomic mass is 32.2. The summed E-state index contributed by atoms with van der Waals surface area (Å²) < 4.78 is 37.6. The van der Waals surface area contributed by atoms with Gasteiger partial charge in [0.15, 0.2) is 0 Å². The van der Waals surface area contributed by atoms with Crippen LogP contribution in [0.25, 0.3) is 0 Å². The zero-order valence-corrected chi connectivity index (χ0v) is 15.4. The largest absolute Gasteiger partial charge is 0.497 e. The average molecular weight is 376 g/mol. The molecule has 1 N–H and O–H groups in total. The quantitative estimate of drug-likeness (QED) is 0.834. The summed E-state index contributed by atoms with van der Waals surface area (Å²) in [5, 5.41) is 0. The minimum atomic E-state index is -3.74. The second-order valence-corrected chi connectivity index (χ2v) is 7.54. The van der Waals surface area contributed by atoms with Crippen molar-refractivity contribution in [1.29, 1.82) is 0 Å². The molecular formula is C18H20N2O5S. The Morgan fingerprint density at radius 3 is 2.54 bits per heavy atom. The maximum absolute atomic E-state index is 12.6. The van der Waals surface area contributed by atoms with Crippen molar-refractivity contribution in [2.75, 3.05) is 37.0 Å². The summed E-state index contributed by atoms with van der Waals surface area (Å²) in [5.41, 5.74) is 2.11. The summed E-state index contributed by atoms with van der Waals surface area (Å²) in [4.78, 5) is 13.9. The third-order valence-corrected chi connectivity index (χ3v) is 5.57. The van der Waals surface area contributed by atoms with E-state index in [0.717, 1.165) is 12.0 Å². The average Bonchev–Trinajstić information content (AvgIpc) is 3.05. The number of hydrogen-bond donors (Lipinski definition) is 1. The molecule has 8 heteroatoms. The predicted octanol–water partition coefficient (Wildman–Crippen LogP) is 2.03. The topological polar surface area (TPSA) is 84.9 Å². The molecule has 0 spiro atoms. The smallest absolute Gasteiger partial charge is 0.261 e. The fourth-order valence-corrected chi connectivity index (χ4v) is 3.92. The Morgan fingerprint density at radius 2 is 1.88 bits per heavy atom. The van der Waals surface area contributed by atoms with Crippen LogP contribution in [-0.4, -0.2) is 41.7 Å². The van der Waals surface area contributed by atoms with Gasteiger partial charge in [-0.1, -0.05) is 6.07 Å². The molecule has 26 heavy (non-hydrogen) atoms. The monoisotopic (exact) mass is 376 g/mol. The first-order valence-corrected chi connectivity index (χ1v) is 9.52.